The van der Waals surface area contributed by atoms with Crippen molar-refractivity contribution in [1.29, 1.82) is 0 Å². The van der Waals surface area contributed by atoms with Gasteiger partial charge in [-0.1, -0.05) is 0 Å². The van der Waals surface area contributed by atoms with E-state index in [-0.39, 0.29) is 29.1 Å². The maximum absolute atomic E-state index is 11.1. The maximum atomic E-state index is 11.1. The molecule has 2 unspecified atom stereocenters. The number of hydrogen-bond donors (Lipinski definition) is 3. The van der Waals surface area contributed by atoms with Gasteiger partial charge in [0.2, 0.25) is 5.75 Å². The van der Waals surface area contributed by atoms with E-state index in [1.165, 1.54) is 6.92 Å². The van der Waals surface area contributed by atoms with Crippen LogP contribution >= 0.6 is 0 Å². The number of rotatable bonds is 2. The van der Waals surface area contributed by atoms with Crippen LogP contribution in [0.5, 0.6) is 17.2 Å². The standard InChI is InChI=1S/C12H14O4/c1-5-3-9(8-4-7(8)6(2)13)11(15)12(16)10(5)14/h3,7-8,14-16H,4H2,1-2H3. The van der Waals surface area contributed by atoms with Crippen LogP contribution in [0.15, 0.2) is 6.07 Å². The minimum Gasteiger partial charge on any atom is -0.504 e. The fourth-order valence-electron chi connectivity index (χ4n) is 2.08. The zero-order valence-corrected chi connectivity index (χ0v) is 9.19. The Hall–Kier alpha value is -1.71. The zero-order valence-electron chi connectivity index (χ0n) is 9.19. The quantitative estimate of drug-likeness (QED) is 0.667. The molecule has 0 saturated heterocycles. The summed E-state index contributed by atoms with van der Waals surface area (Å²) in [5.74, 6) is -1.10. The molecule has 0 radical (unpaired) electrons. The molecule has 4 heteroatoms. The summed E-state index contributed by atoms with van der Waals surface area (Å²) in [5, 5.41) is 28.6. The number of carbonyl (C=O) groups is 1. The molecule has 0 amide bonds. The first-order valence-corrected chi connectivity index (χ1v) is 5.18. The van der Waals surface area contributed by atoms with Crippen LogP contribution in [-0.2, 0) is 4.79 Å². The van der Waals surface area contributed by atoms with Gasteiger partial charge in [0.05, 0.1) is 0 Å². The Bertz CT molecular complexity index is 465. The van der Waals surface area contributed by atoms with E-state index in [0.29, 0.717) is 17.5 Å². The highest BCUT2D eigenvalue weighted by atomic mass is 16.3. The van der Waals surface area contributed by atoms with Crippen molar-refractivity contribution in [1.82, 2.24) is 0 Å². The maximum Gasteiger partial charge on any atom is 0.200 e. The molecule has 16 heavy (non-hydrogen) atoms. The number of ketones is 1. The third-order valence-corrected chi connectivity index (χ3v) is 3.18. The highest BCUT2D eigenvalue weighted by Crippen LogP contribution is 2.54. The minimum absolute atomic E-state index is 0.0253. The summed E-state index contributed by atoms with van der Waals surface area (Å²) in [7, 11) is 0. The summed E-state index contributed by atoms with van der Waals surface area (Å²) in [4.78, 5) is 11.1. The smallest absolute Gasteiger partial charge is 0.200 e. The molecular weight excluding hydrogens is 208 g/mol. The molecule has 1 aliphatic rings. The Labute approximate surface area is 93.2 Å². The second kappa shape index (κ2) is 3.40. The van der Waals surface area contributed by atoms with Crippen LogP contribution < -0.4 is 0 Å². The van der Waals surface area contributed by atoms with Crippen molar-refractivity contribution in [3.63, 3.8) is 0 Å². The molecule has 1 aromatic carbocycles. The van der Waals surface area contributed by atoms with Crippen molar-refractivity contribution in [3.05, 3.63) is 17.2 Å². The second-order valence-corrected chi connectivity index (χ2v) is 4.39. The third-order valence-electron chi connectivity index (χ3n) is 3.18. The van der Waals surface area contributed by atoms with E-state index in [4.69, 9.17) is 0 Å². The minimum atomic E-state index is -0.496. The van der Waals surface area contributed by atoms with Crippen LogP contribution in [0.2, 0.25) is 0 Å². The predicted octanol–water partition coefficient (Wildman–Crippen LogP) is 1.80. The van der Waals surface area contributed by atoms with E-state index in [0.717, 1.165) is 0 Å². The van der Waals surface area contributed by atoms with Gasteiger partial charge in [-0.15, -0.1) is 0 Å². The topological polar surface area (TPSA) is 77.8 Å². The summed E-state index contributed by atoms with van der Waals surface area (Å²) < 4.78 is 0. The van der Waals surface area contributed by atoms with E-state index < -0.39 is 5.75 Å². The summed E-state index contributed by atoms with van der Waals surface area (Å²) >= 11 is 0. The first-order chi connectivity index (χ1) is 7.43. The summed E-state index contributed by atoms with van der Waals surface area (Å²) in [6.07, 6.45) is 0.701. The Morgan fingerprint density at radius 1 is 1.25 bits per heavy atom. The molecule has 0 heterocycles. The first kappa shape index (κ1) is 10.8. The average Bonchev–Trinajstić information content (AvgIpc) is 3.00. The van der Waals surface area contributed by atoms with Gasteiger partial charge >= 0.3 is 0 Å². The van der Waals surface area contributed by atoms with Gasteiger partial charge in [-0.05, 0) is 37.8 Å². The van der Waals surface area contributed by atoms with E-state index >= 15 is 0 Å². The molecule has 1 fully saturated rings. The molecule has 1 saturated carbocycles. The van der Waals surface area contributed by atoms with Crippen molar-refractivity contribution < 1.29 is 20.1 Å². The Morgan fingerprint density at radius 2 is 1.88 bits per heavy atom. The highest BCUT2D eigenvalue weighted by molar-refractivity contribution is 5.83. The van der Waals surface area contributed by atoms with Crippen molar-refractivity contribution in [3.8, 4) is 17.2 Å². The number of phenols is 3. The largest absolute Gasteiger partial charge is 0.504 e. The van der Waals surface area contributed by atoms with Gasteiger partial charge in [-0.2, -0.15) is 0 Å². The Morgan fingerprint density at radius 3 is 2.38 bits per heavy atom. The zero-order chi connectivity index (χ0) is 12.0. The molecule has 2 rings (SSSR count). The van der Waals surface area contributed by atoms with E-state index in [1.54, 1.807) is 13.0 Å². The SMILES string of the molecule is CC(=O)C1CC1c1cc(C)c(O)c(O)c1O. The van der Waals surface area contributed by atoms with Crippen molar-refractivity contribution >= 4 is 5.78 Å². The second-order valence-electron chi connectivity index (χ2n) is 4.39. The van der Waals surface area contributed by atoms with Gasteiger partial charge in [0.1, 0.15) is 5.78 Å². The molecule has 2 atom stereocenters. The molecule has 1 aliphatic carbocycles. The molecule has 3 N–H and O–H groups in total. The molecule has 0 aromatic heterocycles. The van der Waals surface area contributed by atoms with E-state index in [9.17, 15) is 20.1 Å². The fraction of sp³-hybridized carbons (Fsp3) is 0.417. The van der Waals surface area contributed by atoms with E-state index in [1.807, 2.05) is 0 Å². The highest BCUT2D eigenvalue weighted by Gasteiger charge is 2.43. The van der Waals surface area contributed by atoms with Crippen LogP contribution in [0.3, 0.4) is 0 Å². The molecule has 0 spiro atoms. The van der Waals surface area contributed by atoms with Gasteiger partial charge in [0, 0.05) is 11.5 Å². The van der Waals surface area contributed by atoms with Crippen LogP contribution in [0.1, 0.15) is 30.4 Å². The molecule has 4 nitrogen and oxygen atoms in total. The monoisotopic (exact) mass is 222 g/mol. The number of carbonyl (C=O) groups excluding carboxylic acids is 1. The lowest BCUT2D eigenvalue weighted by molar-refractivity contribution is -0.118. The van der Waals surface area contributed by atoms with Gasteiger partial charge in [0.15, 0.2) is 11.5 Å². The van der Waals surface area contributed by atoms with Crippen LogP contribution in [-0.4, -0.2) is 21.1 Å². The predicted molar refractivity (Wildman–Crippen MR) is 57.7 cm³/mol. The molecular formula is C12H14O4. The molecule has 0 aliphatic heterocycles. The van der Waals surface area contributed by atoms with Crippen molar-refractivity contribution in [2.75, 3.05) is 0 Å². The molecule has 1 aromatic rings. The molecule has 86 valence electrons. The molecule has 0 bridgehead atoms. The average molecular weight is 222 g/mol. The Balaban J connectivity index is 2.41. The van der Waals surface area contributed by atoms with Crippen LogP contribution in [0.25, 0.3) is 0 Å². The first-order valence-electron chi connectivity index (χ1n) is 5.18. The number of benzene rings is 1. The lowest BCUT2D eigenvalue weighted by atomic mass is 10.0. The van der Waals surface area contributed by atoms with Gasteiger partial charge < -0.3 is 15.3 Å². The summed E-state index contributed by atoms with van der Waals surface area (Å²) in [5.41, 5.74) is 1.05. The van der Waals surface area contributed by atoms with Crippen LogP contribution in [0.4, 0.5) is 0 Å². The number of aromatic hydroxyl groups is 3. The number of phenolic OH excluding ortho intramolecular Hbond substituents is 3. The number of aryl methyl sites for hydroxylation is 1. The van der Waals surface area contributed by atoms with Gasteiger partial charge in [0.25, 0.3) is 0 Å². The van der Waals surface area contributed by atoms with Crippen molar-refractivity contribution in [2.45, 2.75) is 26.2 Å². The van der Waals surface area contributed by atoms with Gasteiger partial charge in [-0.3, -0.25) is 4.79 Å². The third kappa shape index (κ3) is 1.50. The van der Waals surface area contributed by atoms with E-state index in [2.05, 4.69) is 0 Å². The van der Waals surface area contributed by atoms with Crippen molar-refractivity contribution in [2.24, 2.45) is 5.92 Å². The lowest BCUT2D eigenvalue weighted by Crippen LogP contribution is -1.95. The fourth-order valence-corrected chi connectivity index (χ4v) is 2.08. The summed E-state index contributed by atoms with van der Waals surface area (Å²) in [6, 6.07) is 1.62. The number of Topliss-reactive ketones (excluding diaryl/α,β-unsaturated/α-hetero) is 1. The normalized spacial score (nSPS) is 23.1. The van der Waals surface area contributed by atoms with Gasteiger partial charge in [-0.25, -0.2) is 0 Å². The Kier molecular flexibility index (Phi) is 2.30. The number of hydrogen-bond acceptors (Lipinski definition) is 4. The van der Waals surface area contributed by atoms with Crippen LogP contribution in [0, 0.1) is 12.8 Å². The summed E-state index contributed by atoms with van der Waals surface area (Å²) in [6.45, 7) is 3.16. The lowest BCUT2D eigenvalue weighted by Gasteiger charge is -2.09.